The summed E-state index contributed by atoms with van der Waals surface area (Å²) in [7, 11) is 0. The first kappa shape index (κ1) is 17.7. The lowest BCUT2D eigenvalue weighted by Gasteiger charge is -2.26. The summed E-state index contributed by atoms with van der Waals surface area (Å²) >= 11 is 0. The molecule has 0 unspecified atom stereocenters. The van der Waals surface area contributed by atoms with Gasteiger partial charge in [0, 0.05) is 30.6 Å². The van der Waals surface area contributed by atoms with Crippen LogP contribution in [-0.2, 0) is 9.47 Å². The zero-order valence-electron chi connectivity index (χ0n) is 13.2. The number of benzene rings is 1. The number of hydrogen-bond acceptors (Lipinski definition) is 5. The molecule has 9 heteroatoms. The van der Waals surface area contributed by atoms with E-state index in [0.717, 1.165) is 6.54 Å². The van der Waals surface area contributed by atoms with Crippen molar-refractivity contribution in [2.45, 2.75) is 12.3 Å². The van der Waals surface area contributed by atoms with Crippen molar-refractivity contribution in [1.29, 1.82) is 0 Å². The summed E-state index contributed by atoms with van der Waals surface area (Å²) in [5, 5.41) is 3.13. The number of hydrogen-bond donors (Lipinski definition) is 1. The third-order valence-corrected chi connectivity index (χ3v) is 3.74. The molecule has 1 aromatic carbocycles. The van der Waals surface area contributed by atoms with E-state index in [9.17, 15) is 17.6 Å². The van der Waals surface area contributed by atoms with Crippen LogP contribution in [0.25, 0.3) is 0 Å². The van der Waals surface area contributed by atoms with Gasteiger partial charge in [-0.15, -0.1) is 0 Å². The molecule has 1 atom stereocenters. The van der Waals surface area contributed by atoms with Crippen molar-refractivity contribution in [3.05, 3.63) is 41.7 Å². The van der Waals surface area contributed by atoms with E-state index in [1.807, 2.05) is 0 Å². The minimum Gasteiger partial charge on any atom is -0.467 e. The predicted octanol–water partition coefficient (Wildman–Crippen LogP) is 2.76. The second-order valence-corrected chi connectivity index (χ2v) is 5.60. The zero-order valence-corrected chi connectivity index (χ0v) is 13.2. The van der Waals surface area contributed by atoms with Crippen LogP contribution in [0.4, 0.5) is 23.2 Å². The number of rotatable bonds is 4. The Kier molecular flexibility index (Phi) is 5.24. The first-order chi connectivity index (χ1) is 11.9. The first-order valence-corrected chi connectivity index (χ1v) is 7.75. The third kappa shape index (κ3) is 4.70. The molecule has 1 aromatic rings. The van der Waals surface area contributed by atoms with E-state index >= 15 is 0 Å². The molecule has 2 aliphatic rings. The highest BCUT2D eigenvalue weighted by atomic mass is 19.4. The zero-order chi connectivity index (χ0) is 17.9. The number of ether oxygens (including phenoxy) is 2. The molecule has 1 N–H and O–H groups in total. The second kappa shape index (κ2) is 7.40. The minimum atomic E-state index is -4.44. The molecule has 2 heterocycles. The van der Waals surface area contributed by atoms with Gasteiger partial charge in [-0.05, 0) is 12.1 Å². The fourth-order valence-corrected chi connectivity index (χ4v) is 2.57. The normalized spacial score (nSPS) is 21.2. The molecular formula is C16H17F4N3O2. The number of aliphatic imine (C=N–C) groups is 1. The molecule has 0 saturated carbocycles. The molecule has 136 valence electrons. The van der Waals surface area contributed by atoms with E-state index in [0.29, 0.717) is 30.9 Å². The summed E-state index contributed by atoms with van der Waals surface area (Å²) in [6.45, 7) is 0.649. The van der Waals surface area contributed by atoms with Gasteiger partial charge in [-0.3, -0.25) is 0 Å². The molecule has 0 aliphatic carbocycles. The molecule has 0 spiro atoms. The van der Waals surface area contributed by atoms with Crippen molar-refractivity contribution >= 4 is 11.9 Å². The van der Waals surface area contributed by atoms with E-state index in [4.69, 9.17) is 4.74 Å². The summed E-state index contributed by atoms with van der Waals surface area (Å²) in [6, 6.07) is 4.63. The van der Waals surface area contributed by atoms with Crippen molar-refractivity contribution in [2.75, 3.05) is 37.7 Å². The first-order valence-electron chi connectivity index (χ1n) is 7.75. The lowest BCUT2D eigenvalue weighted by molar-refractivity contribution is -0.165. The van der Waals surface area contributed by atoms with Crippen molar-refractivity contribution in [3.63, 3.8) is 0 Å². The predicted molar refractivity (Wildman–Crippen MR) is 83.9 cm³/mol. The molecule has 1 saturated heterocycles. The smallest absolute Gasteiger partial charge is 0.422 e. The summed E-state index contributed by atoms with van der Waals surface area (Å²) in [5.74, 6) is -0.604. The number of nitrogens with zero attached hydrogens (tertiary/aromatic N) is 2. The van der Waals surface area contributed by atoms with Gasteiger partial charge in [0.15, 0.2) is 6.61 Å². The van der Waals surface area contributed by atoms with Gasteiger partial charge >= 0.3 is 6.18 Å². The SMILES string of the molecule is Fc1cc(N2C=C(OCC(F)(F)F)N=CC2)ccc1[C@H]1CNCCO1. The fourth-order valence-electron chi connectivity index (χ4n) is 2.57. The average Bonchev–Trinajstić information content (AvgIpc) is 2.60. The Morgan fingerprint density at radius 1 is 1.36 bits per heavy atom. The van der Waals surface area contributed by atoms with Crippen LogP contribution in [0.2, 0.25) is 0 Å². The second-order valence-electron chi connectivity index (χ2n) is 5.60. The lowest BCUT2D eigenvalue weighted by Crippen LogP contribution is -2.33. The summed E-state index contributed by atoms with van der Waals surface area (Å²) in [5.41, 5.74) is 0.934. The lowest BCUT2D eigenvalue weighted by atomic mass is 10.1. The summed E-state index contributed by atoms with van der Waals surface area (Å²) in [6.07, 6.45) is -2.07. The largest absolute Gasteiger partial charge is 0.467 e. The Morgan fingerprint density at radius 2 is 2.20 bits per heavy atom. The number of alkyl halides is 3. The van der Waals surface area contributed by atoms with Gasteiger partial charge in [0.1, 0.15) is 5.82 Å². The van der Waals surface area contributed by atoms with Crippen molar-refractivity contribution in [1.82, 2.24) is 5.32 Å². The van der Waals surface area contributed by atoms with Gasteiger partial charge in [0.05, 0.1) is 25.5 Å². The number of morpholine rings is 1. The van der Waals surface area contributed by atoms with E-state index in [2.05, 4.69) is 15.0 Å². The van der Waals surface area contributed by atoms with Crippen LogP contribution >= 0.6 is 0 Å². The van der Waals surface area contributed by atoms with Gasteiger partial charge in [0.2, 0.25) is 5.88 Å². The Labute approximate surface area is 141 Å². The van der Waals surface area contributed by atoms with Gasteiger partial charge in [-0.2, -0.15) is 13.2 Å². The molecule has 0 aromatic heterocycles. The van der Waals surface area contributed by atoms with Crippen LogP contribution < -0.4 is 10.2 Å². The highest BCUT2D eigenvalue weighted by Crippen LogP contribution is 2.27. The van der Waals surface area contributed by atoms with Crippen molar-refractivity contribution < 1.29 is 27.0 Å². The number of halogens is 4. The Balaban J connectivity index is 1.72. The van der Waals surface area contributed by atoms with Gasteiger partial charge in [-0.25, -0.2) is 9.38 Å². The molecule has 0 radical (unpaired) electrons. The van der Waals surface area contributed by atoms with E-state index in [1.165, 1.54) is 18.5 Å². The van der Waals surface area contributed by atoms with Crippen molar-refractivity contribution in [3.8, 4) is 0 Å². The van der Waals surface area contributed by atoms with E-state index in [1.54, 1.807) is 17.0 Å². The maximum absolute atomic E-state index is 14.4. The van der Waals surface area contributed by atoms with Crippen LogP contribution in [0.15, 0.2) is 35.3 Å². The third-order valence-electron chi connectivity index (χ3n) is 3.74. The van der Waals surface area contributed by atoms with Crippen LogP contribution in [-0.4, -0.2) is 45.2 Å². The average molecular weight is 359 g/mol. The summed E-state index contributed by atoms with van der Waals surface area (Å²) in [4.78, 5) is 5.33. The maximum atomic E-state index is 14.4. The maximum Gasteiger partial charge on any atom is 0.422 e. The molecule has 0 amide bonds. The highest BCUT2D eigenvalue weighted by molar-refractivity contribution is 5.70. The topological polar surface area (TPSA) is 46.1 Å². The molecule has 3 rings (SSSR count). The summed E-state index contributed by atoms with van der Waals surface area (Å²) < 4.78 is 61.2. The minimum absolute atomic E-state index is 0.173. The molecule has 2 aliphatic heterocycles. The number of anilines is 1. The standard InChI is InChI=1S/C16H17F4N3O2/c17-13-7-11(1-2-12(13)14-8-21-4-6-24-14)23-5-3-22-15(9-23)25-10-16(18,19)20/h1-3,7,9,14,21H,4-6,8,10H2/t14-/m1/s1. The molecule has 0 bridgehead atoms. The Hall–Kier alpha value is -2.13. The Morgan fingerprint density at radius 3 is 2.88 bits per heavy atom. The fraction of sp³-hybridized carbons (Fsp3) is 0.438. The Bertz CT molecular complexity index is 670. The van der Waals surface area contributed by atoms with E-state index in [-0.39, 0.29) is 12.0 Å². The molecular weight excluding hydrogens is 342 g/mol. The van der Waals surface area contributed by atoms with Gasteiger partial charge in [0.25, 0.3) is 0 Å². The number of nitrogens with one attached hydrogen (secondary N) is 1. The van der Waals surface area contributed by atoms with Crippen LogP contribution in [0, 0.1) is 5.82 Å². The van der Waals surface area contributed by atoms with Crippen molar-refractivity contribution in [2.24, 2.45) is 4.99 Å². The molecule has 25 heavy (non-hydrogen) atoms. The van der Waals surface area contributed by atoms with E-state index < -0.39 is 18.6 Å². The monoisotopic (exact) mass is 359 g/mol. The molecule has 1 fully saturated rings. The quantitative estimate of drug-likeness (QED) is 0.840. The highest BCUT2D eigenvalue weighted by Gasteiger charge is 2.29. The van der Waals surface area contributed by atoms with Crippen LogP contribution in [0.1, 0.15) is 11.7 Å². The van der Waals surface area contributed by atoms with Gasteiger partial charge < -0.3 is 19.7 Å². The van der Waals surface area contributed by atoms with Gasteiger partial charge in [-0.1, -0.05) is 6.07 Å². The van der Waals surface area contributed by atoms with Crippen LogP contribution in [0.5, 0.6) is 0 Å². The molecule has 5 nitrogen and oxygen atoms in total. The van der Waals surface area contributed by atoms with Crippen LogP contribution in [0.3, 0.4) is 0 Å².